The molecule has 7 nitrogen and oxygen atoms in total. The summed E-state index contributed by atoms with van der Waals surface area (Å²) in [5.41, 5.74) is 0.790. The van der Waals surface area contributed by atoms with E-state index in [2.05, 4.69) is 4.98 Å². The molecule has 116 valence electrons. The third-order valence-corrected chi connectivity index (χ3v) is 4.85. The zero-order valence-electron chi connectivity index (χ0n) is 12.4. The van der Waals surface area contributed by atoms with Gasteiger partial charge in [-0.05, 0) is 18.9 Å². The van der Waals surface area contributed by atoms with Crippen molar-refractivity contribution in [2.24, 2.45) is 0 Å². The predicted octanol–water partition coefficient (Wildman–Crippen LogP) is 2.26. The number of hydrogen-bond donors (Lipinski definition) is 0. The lowest BCUT2D eigenvalue weighted by atomic mass is 10.2. The number of rotatable bonds is 3. The fourth-order valence-corrected chi connectivity index (χ4v) is 3.76. The Kier molecular flexibility index (Phi) is 3.69. The molecule has 2 heterocycles. The Morgan fingerprint density at radius 3 is 2.95 bits per heavy atom. The SMILES string of the molecule is CN(C)C(=O)[C@@H]1CCCN1c1nc2ccc([N+](=O)[O-])cc2s1. The van der Waals surface area contributed by atoms with Crippen molar-refractivity contribution in [3.05, 3.63) is 28.3 Å². The third kappa shape index (κ3) is 2.50. The summed E-state index contributed by atoms with van der Waals surface area (Å²) in [6, 6.07) is 4.46. The molecular weight excluding hydrogens is 304 g/mol. The first-order valence-corrected chi connectivity index (χ1v) is 7.82. The van der Waals surface area contributed by atoms with E-state index in [1.807, 2.05) is 4.90 Å². The van der Waals surface area contributed by atoms with E-state index in [1.165, 1.54) is 23.5 Å². The van der Waals surface area contributed by atoms with Crippen LogP contribution < -0.4 is 4.90 Å². The fraction of sp³-hybridized carbons (Fsp3) is 0.429. The van der Waals surface area contributed by atoms with E-state index in [0.29, 0.717) is 0 Å². The number of non-ortho nitro benzene ring substituents is 1. The standard InChI is InChI=1S/C14H16N4O3S/c1-16(2)13(19)11-4-3-7-17(11)14-15-10-6-5-9(18(20)21)8-12(10)22-14/h5-6,8,11H,3-4,7H2,1-2H3/t11-/m0/s1. The van der Waals surface area contributed by atoms with Crippen LogP contribution in [0.25, 0.3) is 10.2 Å². The van der Waals surface area contributed by atoms with Crippen LogP contribution >= 0.6 is 11.3 Å². The number of thiazole rings is 1. The molecule has 3 rings (SSSR count). The van der Waals surface area contributed by atoms with E-state index in [1.54, 1.807) is 25.1 Å². The Morgan fingerprint density at radius 1 is 1.50 bits per heavy atom. The van der Waals surface area contributed by atoms with Crippen LogP contribution in [0, 0.1) is 10.1 Å². The molecular formula is C14H16N4O3S. The molecule has 1 aliphatic rings. The van der Waals surface area contributed by atoms with Crippen molar-refractivity contribution in [2.75, 3.05) is 25.5 Å². The summed E-state index contributed by atoms with van der Waals surface area (Å²) in [5, 5.41) is 11.6. The van der Waals surface area contributed by atoms with Gasteiger partial charge in [0.1, 0.15) is 6.04 Å². The Labute approximate surface area is 131 Å². The van der Waals surface area contributed by atoms with Gasteiger partial charge in [0, 0.05) is 32.8 Å². The molecule has 22 heavy (non-hydrogen) atoms. The number of fused-ring (bicyclic) bond motifs is 1. The molecule has 1 aliphatic heterocycles. The van der Waals surface area contributed by atoms with Gasteiger partial charge in [0.25, 0.3) is 5.69 Å². The number of nitrogens with zero attached hydrogens (tertiary/aromatic N) is 4. The number of hydrogen-bond acceptors (Lipinski definition) is 6. The van der Waals surface area contributed by atoms with E-state index in [4.69, 9.17) is 0 Å². The number of benzene rings is 1. The lowest BCUT2D eigenvalue weighted by Gasteiger charge is -2.25. The number of carbonyl (C=O) groups excluding carboxylic acids is 1. The first-order valence-electron chi connectivity index (χ1n) is 7.00. The maximum atomic E-state index is 12.3. The molecule has 0 N–H and O–H groups in total. The molecule has 0 radical (unpaired) electrons. The molecule has 0 spiro atoms. The van der Waals surface area contributed by atoms with Gasteiger partial charge in [-0.3, -0.25) is 14.9 Å². The van der Waals surface area contributed by atoms with Crippen LogP contribution in [-0.2, 0) is 4.79 Å². The second-order valence-electron chi connectivity index (χ2n) is 5.49. The van der Waals surface area contributed by atoms with Gasteiger partial charge < -0.3 is 9.80 Å². The molecule has 0 bridgehead atoms. The quantitative estimate of drug-likeness (QED) is 0.640. The number of anilines is 1. The summed E-state index contributed by atoms with van der Waals surface area (Å²) in [4.78, 5) is 30.9. The minimum absolute atomic E-state index is 0.0602. The molecule has 2 aromatic rings. The van der Waals surface area contributed by atoms with E-state index in [-0.39, 0.29) is 17.6 Å². The number of likely N-dealkylation sites (N-methyl/N-ethyl adjacent to an activating group) is 1. The summed E-state index contributed by atoms with van der Waals surface area (Å²) in [6.45, 7) is 0.784. The van der Waals surface area contributed by atoms with Crippen molar-refractivity contribution in [3.63, 3.8) is 0 Å². The molecule has 0 saturated carbocycles. The molecule has 8 heteroatoms. The average Bonchev–Trinajstić information content (AvgIpc) is 3.11. The van der Waals surface area contributed by atoms with Gasteiger partial charge in [0.2, 0.25) is 5.91 Å². The molecule has 1 fully saturated rings. The number of nitro benzene ring substituents is 1. The van der Waals surface area contributed by atoms with Gasteiger partial charge in [-0.2, -0.15) is 0 Å². The largest absolute Gasteiger partial charge is 0.347 e. The maximum absolute atomic E-state index is 12.3. The number of nitro groups is 1. The maximum Gasteiger partial charge on any atom is 0.270 e. The van der Waals surface area contributed by atoms with Crippen molar-refractivity contribution in [1.29, 1.82) is 0 Å². The van der Waals surface area contributed by atoms with Crippen LogP contribution in [-0.4, -0.2) is 47.4 Å². The highest BCUT2D eigenvalue weighted by Gasteiger charge is 2.33. The Bertz CT molecular complexity index is 743. The van der Waals surface area contributed by atoms with Crippen LogP contribution in [0.2, 0.25) is 0 Å². The normalized spacial score (nSPS) is 17.9. The summed E-state index contributed by atoms with van der Waals surface area (Å²) in [5.74, 6) is 0.0720. The Hall–Kier alpha value is -2.22. The summed E-state index contributed by atoms with van der Waals surface area (Å²) >= 11 is 1.40. The van der Waals surface area contributed by atoms with Crippen molar-refractivity contribution in [1.82, 2.24) is 9.88 Å². The Morgan fingerprint density at radius 2 is 2.27 bits per heavy atom. The van der Waals surface area contributed by atoms with Gasteiger partial charge in [0.05, 0.1) is 15.1 Å². The summed E-state index contributed by atoms with van der Waals surface area (Å²) in [7, 11) is 3.50. The van der Waals surface area contributed by atoms with E-state index >= 15 is 0 Å². The van der Waals surface area contributed by atoms with Crippen LogP contribution in [0.5, 0.6) is 0 Å². The summed E-state index contributed by atoms with van der Waals surface area (Å²) in [6.07, 6.45) is 1.76. The molecule has 1 aromatic carbocycles. The smallest absolute Gasteiger partial charge is 0.270 e. The van der Waals surface area contributed by atoms with Crippen molar-refractivity contribution in [2.45, 2.75) is 18.9 Å². The topological polar surface area (TPSA) is 79.6 Å². The zero-order chi connectivity index (χ0) is 15.9. The second kappa shape index (κ2) is 5.53. The van der Waals surface area contributed by atoms with Crippen LogP contribution in [0.4, 0.5) is 10.8 Å². The van der Waals surface area contributed by atoms with Crippen LogP contribution in [0.3, 0.4) is 0 Å². The van der Waals surface area contributed by atoms with Crippen molar-refractivity contribution in [3.8, 4) is 0 Å². The minimum Gasteiger partial charge on any atom is -0.347 e. The number of amides is 1. The van der Waals surface area contributed by atoms with Gasteiger partial charge >= 0.3 is 0 Å². The Balaban J connectivity index is 1.95. The molecule has 1 atom stereocenters. The predicted molar refractivity (Wildman–Crippen MR) is 85.3 cm³/mol. The third-order valence-electron chi connectivity index (χ3n) is 3.80. The molecule has 0 unspecified atom stereocenters. The van der Waals surface area contributed by atoms with Gasteiger partial charge in [-0.1, -0.05) is 11.3 Å². The highest BCUT2D eigenvalue weighted by molar-refractivity contribution is 7.22. The average molecular weight is 320 g/mol. The van der Waals surface area contributed by atoms with Crippen molar-refractivity contribution >= 4 is 38.3 Å². The monoisotopic (exact) mass is 320 g/mol. The van der Waals surface area contributed by atoms with Gasteiger partial charge in [-0.25, -0.2) is 4.98 Å². The lowest BCUT2D eigenvalue weighted by molar-refractivity contribution is -0.384. The lowest BCUT2D eigenvalue weighted by Crippen LogP contribution is -2.42. The highest BCUT2D eigenvalue weighted by Crippen LogP contribution is 2.35. The van der Waals surface area contributed by atoms with Gasteiger partial charge in [-0.15, -0.1) is 0 Å². The van der Waals surface area contributed by atoms with Crippen LogP contribution in [0.15, 0.2) is 18.2 Å². The fourth-order valence-electron chi connectivity index (χ4n) is 2.69. The highest BCUT2D eigenvalue weighted by atomic mass is 32.1. The van der Waals surface area contributed by atoms with Crippen molar-refractivity contribution < 1.29 is 9.72 Å². The first kappa shape index (κ1) is 14.7. The molecule has 0 aliphatic carbocycles. The van der Waals surface area contributed by atoms with E-state index in [0.717, 1.165) is 34.7 Å². The second-order valence-corrected chi connectivity index (χ2v) is 6.50. The van der Waals surface area contributed by atoms with E-state index < -0.39 is 4.92 Å². The van der Waals surface area contributed by atoms with Crippen LogP contribution in [0.1, 0.15) is 12.8 Å². The van der Waals surface area contributed by atoms with E-state index in [9.17, 15) is 14.9 Å². The number of carbonyl (C=O) groups is 1. The molecule has 1 aromatic heterocycles. The van der Waals surface area contributed by atoms with Gasteiger partial charge in [0.15, 0.2) is 5.13 Å². The molecule has 1 saturated heterocycles. The first-order chi connectivity index (χ1) is 10.5. The minimum atomic E-state index is -0.410. The molecule has 1 amide bonds. The zero-order valence-corrected chi connectivity index (χ0v) is 13.2. The summed E-state index contributed by atoms with van der Waals surface area (Å²) < 4.78 is 0.771. The number of aromatic nitrogens is 1.